The number of ether oxygens (including phenoxy) is 1. The van der Waals surface area contributed by atoms with Crippen LogP contribution in [0, 0.1) is 0 Å². The summed E-state index contributed by atoms with van der Waals surface area (Å²) in [7, 11) is 0. The number of halogens is 3. The lowest BCUT2D eigenvalue weighted by Gasteiger charge is -2.50. The number of likely N-dealkylation sites (tertiary alicyclic amines) is 1. The van der Waals surface area contributed by atoms with Crippen LogP contribution in [-0.4, -0.2) is 71.8 Å². The number of hydrogen-bond donors (Lipinski definition) is 2. The van der Waals surface area contributed by atoms with E-state index in [1.165, 1.54) is 19.1 Å². The zero-order valence-electron chi connectivity index (χ0n) is 19.0. The maximum Gasteiger partial charge on any atom is 0.333 e. The van der Waals surface area contributed by atoms with E-state index in [0.29, 0.717) is 4.90 Å². The van der Waals surface area contributed by atoms with Gasteiger partial charge in [-0.1, -0.05) is 60.4 Å². The molecule has 1 aromatic carbocycles. The number of nitrogens with one attached hydrogen (secondary N) is 2. The Hall–Kier alpha value is -2.35. The number of imide groups is 1. The van der Waals surface area contributed by atoms with E-state index < -0.39 is 68.8 Å². The molecule has 0 radical (unpaired) electrons. The molecule has 0 aliphatic carbocycles. The number of rotatable bonds is 9. The maximum atomic E-state index is 13.4. The molecule has 0 bridgehead atoms. The molecule has 2 aliphatic rings. The second-order valence-corrected chi connectivity index (χ2v) is 11.7. The van der Waals surface area contributed by atoms with E-state index in [0.717, 1.165) is 4.90 Å². The fraction of sp³-hybridized carbons (Fsp3) is 0.381. The number of carbonyl (C=O) groups excluding carboxylic acids is 5. The fourth-order valence-electron chi connectivity index (χ4n) is 3.70. The molecule has 11 nitrogen and oxygen atoms in total. The third kappa shape index (κ3) is 5.48. The van der Waals surface area contributed by atoms with E-state index >= 15 is 0 Å². The Kier molecular flexibility index (Phi) is 8.59. The van der Waals surface area contributed by atoms with E-state index in [1.807, 2.05) is 0 Å². The van der Waals surface area contributed by atoms with Crippen LogP contribution in [-0.2, 0) is 30.5 Å². The van der Waals surface area contributed by atoms with Crippen LogP contribution in [0.4, 0.5) is 0 Å². The number of nitrogens with zero attached hydrogens (tertiary/aromatic N) is 2. The van der Waals surface area contributed by atoms with Crippen molar-refractivity contribution >= 4 is 75.8 Å². The van der Waals surface area contributed by atoms with Crippen LogP contribution in [0.3, 0.4) is 0 Å². The number of benzene rings is 1. The first-order chi connectivity index (χ1) is 16.8. The van der Waals surface area contributed by atoms with Crippen LogP contribution in [0.5, 0.6) is 0 Å². The highest BCUT2D eigenvalue weighted by Crippen LogP contribution is 2.37. The molecule has 4 atom stereocenters. The predicted molar refractivity (Wildman–Crippen MR) is 131 cm³/mol. The summed E-state index contributed by atoms with van der Waals surface area (Å²) in [6, 6.07) is 2.91. The van der Waals surface area contributed by atoms with Crippen molar-refractivity contribution in [2.45, 2.75) is 41.5 Å². The lowest BCUT2D eigenvalue weighted by Crippen LogP contribution is -2.78. The molecule has 1 aromatic rings. The molecule has 15 heteroatoms. The van der Waals surface area contributed by atoms with Crippen LogP contribution in [0.2, 0.25) is 0 Å². The summed E-state index contributed by atoms with van der Waals surface area (Å²) in [6.45, 7) is 6.01. The van der Waals surface area contributed by atoms with Gasteiger partial charge in [0.05, 0.1) is 22.5 Å². The molecule has 0 spiro atoms. The molecule has 4 amide bonds. The van der Waals surface area contributed by atoms with E-state index in [4.69, 9.17) is 39.5 Å². The summed E-state index contributed by atoms with van der Waals surface area (Å²) in [5.74, 6) is -3.96. The summed E-state index contributed by atoms with van der Waals surface area (Å²) in [4.78, 5) is 67.7. The summed E-state index contributed by atoms with van der Waals surface area (Å²) in [5.41, 5.74) is 2.46. The third-order valence-electron chi connectivity index (χ3n) is 5.33. The minimum absolute atomic E-state index is 0.0527. The Bertz CT molecular complexity index is 1090. The maximum absolute atomic E-state index is 13.4. The Morgan fingerprint density at radius 1 is 1.19 bits per heavy atom. The molecule has 2 N–H and O–H groups in total. The van der Waals surface area contributed by atoms with Crippen LogP contribution < -0.4 is 10.3 Å². The lowest BCUT2D eigenvalue weighted by molar-refractivity contribution is -0.164. The standard InChI is InChI=1S/C21H21Cl3N4O7S/c1-4-13(29)25-26-36(34)19-15(27-16(30)11-7-5-6-8-12(11)17(27)31)18(32)28(19)14(10(2)3)20(33)35-9-21(22,23)24/h5-8,14-15,19,26H,2,4,9H2,1,3H3,(H,25,29). The number of alkyl halides is 3. The second kappa shape index (κ2) is 11.0. The number of esters is 1. The van der Waals surface area contributed by atoms with Gasteiger partial charge in [-0.05, 0) is 29.5 Å². The molecule has 4 unspecified atom stereocenters. The molecule has 194 valence electrons. The van der Waals surface area contributed by atoms with Gasteiger partial charge in [0, 0.05) is 6.42 Å². The van der Waals surface area contributed by atoms with Crippen LogP contribution >= 0.6 is 34.8 Å². The van der Waals surface area contributed by atoms with Crippen LogP contribution in [0.15, 0.2) is 36.4 Å². The molecule has 2 heterocycles. The van der Waals surface area contributed by atoms with Gasteiger partial charge in [-0.15, -0.1) is 0 Å². The molecular weight excluding hydrogens is 559 g/mol. The first-order valence-corrected chi connectivity index (χ1v) is 12.8. The van der Waals surface area contributed by atoms with Gasteiger partial charge in [0.1, 0.15) is 6.61 Å². The summed E-state index contributed by atoms with van der Waals surface area (Å²) in [5, 5.41) is -1.46. The van der Waals surface area contributed by atoms with Crippen molar-refractivity contribution in [3.8, 4) is 0 Å². The summed E-state index contributed by atoms with van der Waals surface area (Å²) < 4.78 is 16.3. The van der Waals surface area contributed by atoms with E-state index in [9.17, 15) is 28.5 Å². The van der Waals surface area contributed by atoms with Crippen molar-refractivity contribution in [3.05, 3.63) is 47.5 Å². The van der Waals surface area contributed by atoms with E-state index in [1.54, 1.807) is 19.1 Å². The normalized spacial score (nSPS) is 21.0. The first-order valence-electron chi connectivity index (χ1n) is 10.4. The van der Waals surface area contributed by atoms with Crippen molar-refractivity contribution < 1.29 is 33.3 Å². The Morgan fingerprint density at radius 2 is 1.75 bits per heavy atom. The monoisotopic (exact) mass is 578 g/mol. The predicted octanol–water partition coefficient (Wildman–Crippen LogP) is 1.37. The van der Waals surface area contributed by atoms with Gasteiger partial charge in [-0.25, -0.2) is 4.79 Å². The zero-order chi connectivity index (χ0) is 26.9. The highest BCUT2D eigenvalue weighted by Gasteiger charge is 2.65. The highest BCUT2D eigenvalue weighted by atomic mass is 35.6. The lowest BCUT2D eigenvalue weighted by atomic mass is 9.98. The van der Waals surface area contributed by atoms with E-state index in [-0.39, 0.29) is 23.1 Å². The Balaban J connectivity index is 1.95. The topological polar surface area (TPSA) is 148 Å². The largest absolute Gasteiger partial charge is 0.595 e. The van der Waals surface area contributed by atoms with E-state index in [2.05, 4.69) is 16.8 Å². The van der Waals surface area contributed by atoms with Crippen molar-refractivity contribution in [3.63, 3.8) is 0 Å². The second-order valence-electron chi connectivity index (χ2n) is 7.88. The zero-order valence-corrected chi connectivity index (χ0v) is 22.0. The minimum Gasteiger partial charge on any atom is -0.595 e. The number of hydrazine groups is 1. The van der Waals surface area contributed by atoms with Crippen molar-refractivity contribution in [1.82, 2.24) is 20.1 Å². The van der Waals surface area contributed by atoms with Gasteiger partial charge < -0.3 is 9.29 Å². The molecule has 36 heavy (non-hydrogen) atoms. The van der Waals surface area contributed by atoms with Gasteiger partial charge >= 0.3 is 5.97 Å². The summed E-state index contributed by atoms with van der Waals surface area (Å²) in [6.07, 6.45) is 0.0527. The quantitative estimate of drug-likeness (QED) is 0.0848. The first kappa shape index (κ1) is 28.2. The van der Waals surface area contributed by atoms with Gasteiger partial charge in [-0.2, -0.15) is 0 Å². The molecular formula is C21H21Cl3N4O7S. The molecule has 0 saturated carbocycles. The average Bonchev–Trinajstić information content (AvgIpc) is 3.06. The van der Waals surface area contributed by atoms with Gasteiger partial charge in [0.25, 0.3) is 17.7 Å². The van der Waals surface area contributed by atoms with Crippen molar-refractivity contribution in [2.75, 3.05) is 6.61 Å². The third-order valence-corrected chi connectivity index (χ3v) is 6.89. The van der Waals surface area contributed by atoms with Crippen LogP contribution in [0.1, 0.15) is 41.0 Å². The van der Waals surface area contributed by atoms with Gasteiger partial charge in [-0.3, -0.25) is 34.4 Å². The molecule has 2 aliphatic heterocycles. The van der Waals surface area contributed by atoms with Crippen molar-refractivity contribution in [1.29, 1.82) is 0 Å². The molecule has 1 fully saturated rings. The average molecular weight is 580 g/mol. The highest BCUT2D eigenvalue weighted by molar-refractivity contribution is 7.90. The van der Waals surface area contributed by atoms with Gasteiger partial charge in [0.15, 0.2) is 12.1 Å². The van der Waals surface area contributed by atoms with Crippen molar-refractivity contribution in [2.24, 2.45) is 0 Å². The Labute approximate surface area is 224 Å². The number of hydrogen-bond acceptors (Lipinski definition) is 8. The van der Waals surface area contributed by atoms with Crippen LogP contribution in [0.25, 0.3) is 0 Å². The number of β-lactam (4-membered cyclic amide) rings is 1. The minimum atomic E-state index is -2.30. The SMILES string of the molecule is C=C(C)C(C(=O)OCC(Cl)(Cl)Cl)N1C(=O)C(N2C(=O)c3ccccc3C2=O)C1[S+]([O-])NNC(=O)CC. The number of fused-ring (bicyclic) bond motifs is 1. The molecule has 1 saturated heterocycles. The number of amides is 4. The smallest absolute Gasteiger partial charge is 0.333 e. The molecule has 3 rings (SSSR count). The fourth-order valence-corrected chi connectivity index (χ4v) is 5.11. The summed E-state index contributed by atoms with van der Waals surface area (Å²) >= 11 is 14.6. The Morgan fingerprint density at radius 3 is 2.22 bits per heavy atom. The van der Waals surface area contributed by atoms with Gasteiger partial charge in [0.2, 0.25) is 15.1 Å². The number of carbonyl (C=O) groups is 5. The molecule has 0 aromatic heterocycles.